The van der Waals surface area contributed by atoms with Gasteiger partial charge in [-0.3, -0.25) is 0 Å². The molecule has 0 aliphatic heterocycles. The Hall–Kier alpha value is -0.340. The largest absolute Gasteiger partial charge is 0.391 e. The summed E-state index contributed by atoms with van der Waals surface area (Å²) >= 11 is 0. The second-order valence-corrected chi connectivity index (χ2v) is 2.62. The summed E-state index contributed by atoms with van der Waals surface area (Å²) in [6.07, 6.45) is 0.0774. The zero-order chi connectivity index (χ0) is 8.15. The molecule has 0 bridgehead atoms. The van der Waals surface area contributed by atoms with Gasteiger partial charge in [-0.2, -0.15) is 0 Å². The average molecular weight is 144 g/mol. The summed E-state index contributed by atoms with van der Waals surface area (Å²) in [6.45, 7) is 7.28. The highest BCUT2D eigenvalue weighted by atomic mass is 16.3. The van der Waals surface area contributed by atoms with Crippen LogP contribution in [0.3, 0.4) is 0 Å². The molecule has 0 aromatic heterocycles. The van der Waals surface area contributed by atoms with Crippen molar-refractivity contribution in [1.29, 1.82) is 0 Å². The minimum absolute atomic E-state index is 0.508. The molecule has 0 rings (SSSR count). The van der Waals surface area contributed by atoms with Crippen molar-refractivity contribution in [3.63, 3.8) is 0 Å². The van der Waals surface area contributed by atoms with Gasteiger partial charge in [0.05, 0.1) is 12.2 Å². The predicted molar refractivity (Wildman–Crippen MR) is 41.7 cm³/mol. The van der Waals surface area contributed by atoms with Crippen molar-refractivity contribution in [3.05, 3.63) is 12.2 Å². The Morgan fingerprint density at radius 3 is 2.30 bits per heavy atom. The third-order valence-electron chi connectivity index (χ3n) is 1.55. The van der Waals surface area contributed by atoms with E-state index >= 15 is 0 Å². The molecule has 0 aliphatic carbocycles. The summed E-state index contributed by atoms with van der Waals surface area (Å²) in [4.78, 5) is 0. The highest BCUT2D eigenvalue weighted by Gasteiger charge is 2.10. The van der Waals surface area contributed by atoms with Crippen molar-refractivity contribution in [1.82, 2.24) is 0 Å². The van der Waals surface area contributed by atoms with E-state index in [1.165, 1.54) is 0 Å². The Labute approximate surface area is 62.2 Å². The summed E-state index contributed by atoms with van der Waals surface area (Å²) in [7, 11) is 0. The molecule has 2 heteroatoms. The summed E-state index contributed by atoms with van der Waals surface area (Å²) in [5.74, 6) is 0. The second kappa shape index (κ2) is 4.47. The molecule has 0 saturated carbocycles. The van der Waals surface area contributed by atoms with Gasteiger partial charge < -0.3 is 10.2 Å². The molecule has 0 fully saturated rings. The molecule has 2 N–H and O–H groups in total. The van der Waals surface area contributed by atoms with Crippen LogP contribution in [0.25, 0.3) is 0 Å². The average Bonchev–Trinajstić information content (AvgIpc) is 1.87. The molecular weight excluding hydrogens is 128 g/mol. The van der Waals surface area contributed by atoms with Gasteiger partial charge >= 0.3 is 0 Å². The maximum absolute atomic E-state index is 9.12. The second-order valence-electron chi connectivity index (χ2n) is 2.62. The number of rotatable bonds is 4. The summed E-state index contributed by atoms with van der Waals surface area (Å²) in [5.41, 5.74) is 0.980. The van der Waals surface area contributed by atoms with E-state index < -0.39 is 12.2 Å². The molecule has 0 radical (unpaired) electrons. The van der Waals surface area contributed by atoms with E-state index in [1.54, 1.807) is 6.92 Å². The van der Waals surface area contributed by atoms with Crippen LogP contribution in [-0.4, -0.2) is 22.4 Å². The molecule has 0 heterocycles. The monoisotopic (exact) mass is 144 g/mol. The highest BCUT2D eigenvalue weighted by molar-refractivity contribution is 4.95. The van der Waals surface area contributed by atoms with Gasteiger partial charge in [0.15, 0.2) is 0 Å². The third-order valence-corrected chi connectivity index (χ3v) is 1.55. The first kappa shape index (κ1) is 9.66. The fourth-order valence-corrected chi connectivity index (χ4v) is 0.611. The van der Waals surface area contributed by atoms with Crippen LogP contribution in [0.15, 0.2) is 12.2 Å². The van der Waals surface area contributed by atoms with Gasteiger partial charge in [-0.25, -0.2) is 0 Å². The highest BCUT2D eigenvalue weighted by Crippen LogP contribution is 2.08. The van der Waals surface area contributed by atoms with E-state index in [1.807, 2.05) is 6.92 Å². The van der Waals surface area contributed by atoms with Crippen molar-refractivity contribution in [2.45, 2.75) is 38.9 Å². The van der Waals surface area contributed by atoms with Crippen LogP contribution < -0.4 is 0 Å². The predicted octanol–water partition coefficient (Wildman–Crippen LogP) is 1.08. The Morgan fingerprint density at radius 1 is 1.50 bits per heavy atom. The van der Waals surface area contributed by atoms with Crippen molar-refractivity contribution in [2.75, 3.05) is 0 Å². The van der Waals surface area contributed by atoms with Crippen LogP contribution in [0.4, 0.5) is 0 Å². The summed E-state index contributed by atoms with van der Waals surface area (Å²) in [6, 6.07) is 0. The van der Waals surface area contributed by atoms with E-state index in [2.05, 4.69) is 6.58 Å². The maximum Gasteiger partial charge on any atom is 0.0833 e. The lowest BCUT2D eigenvalue weighted by Gasteiger charge is -2.13. The van der Waals surface area contributed by atoms with Gasteiger partial charge in [0.2, 0.25) is 0 Å². The standard InChI is InChI=1S/C8H16O2/c1-4-6(2)5-8(10)7(3)9/h7-10H,2,4-5H2,1,3H3. The van der Waals surface area contributed by atoms with Crippen molar-refractivity contribution < 1.29 is 10.2 Å². The lowest BCUT2D eigenvalue weighted by molar-refractivity contribution is 0.0317. The van der Waals surface area contributed by atoms with E-state index in [9.17, 15) is 0 Å². The van der Waals surface area contributed by atoms with E-state index in [0.29, 0.717) is 6.42 Å². The molecule has 2 atom stereocenters. The first-order chi connectivity index (χ1) is 4.57. The lowest BCUT2D eigenvalue weighted by atomic mass is 10.0. The topological polar surface area (TPSA) is 40.5 Å². The van der Waals surface area contributed by atoms with Gasteiger partial charge in [-0.05, 0) is 19.8 Å². The number of hydrogen-bond acceptors (Lipinski definition) is 2. The van der Waals surface area contributed by atoms with Gasteiger partial charge in [0.1, 0.15) is 0 Å². The molecule has 0 amide bonds. The third kappa shape index (κ3) is 3.64. The Balaban J connectivity index is 3.57. The zero-order valence-electron chi connectivity index (χ0n) is 6.67. The minimum Gasteiger partial charge on any atom is -0.391 e. The molecule has 0 aliphatic rings. The number of hydrogen-bond donors (Lipinski definition) is 2. The molecule has 0 saturated heterocycles. The molecule has 0 aromatic carbocycles. The van der Waals surface area contributed by atoms with Gasteiger partial charge in [-0.1, -0.05) is 19.1 Å². The van der Waals surface area contributed by atoms with Crippen LogP contribution in [0.1, 0.15) is 26.7 Å². The van der Waals surface area contributed by atoms with Gasteiger partial charge in [0, 0.05) is 0 Å². The molecule has 0 spiro atoms. The van der Waals surface area contributed by atoms with Crippen LogP contribution in [0.5, 0.6) is 0 Å². The maximum atomic E-state index is 9.12. The lowest BCUT2D eigenvalue weighted by Crippen LogP contribution is -2.22. The first-order valence-corrected chi connectivity index (χ1v) is 3.60. The fourth-order valence-electron chi connectivity index (χ4n) is 0.611. The number of aliphatic hydroxyl groups excluding tert-OH is 2. The number of aliphatic hydroxyl groups is 2. The minimum atomic E-state index is -0.650. The fraction of sp³-hybridized carbons (Fsp3) is 0.750. The van der Waals surface area contributed by atoms with Crippen molar-refractivity contribution in [3.8, 4) is 0 Å². The Bertz CT molecular complexity index is 108. The van der Waals surface area contributed by atoms with Crippen LogP contribution >= 0.6 is 0 Å². The van der Waals surface area contributed by atoms with Crippen LogP contribution in [0, 0.1) is 0 Å². The molecule has 2 unspecified atom stereocenters. The van der Waals surface area contributed by atoms with Gasteiger partial charge in [-0.15, -0.1) is 0 Å². The SMILES string of the molecule is C=C(CC)CC(O)C(C)O. The molecule has 2 nitrogen and oxygen atoms in total. The normalized spacial score (nSPS) is 16.4. The zero-order valence-corrected chi connectivity index (χ0v) is 6.67. The van der Waals surface area contributed by atoms with Gasteiger partial charge in [0.25, 0.3) is 0 Å². The van der Waals surface area contributed by atoms with E-state index in [0.717, 1.165) is 12.0 Å². The molecular formula is C8H16O2. The van der Waals surface area contributed by atoms with E-state index in [4.69, 9.17) is 10.2 Å². The van der Waals surface area contributed by atoms with Crippen molar-refractivity contribution >= 4 is 0 Å². The summed E-state index contributed by atoms with van der Waals surface area (Å²) < 4.78 is 0. The van der Waals surface area contributed by atoms with E-state index in [-0.39, 0.29) is 0 Å². The van der Waals surface area contributed by atoms with Crippen LogP contribution in [0.2, 0.25) is 0 Å². The Morgan fingerprint density at radius 2 is 2.00 bits per heavy atom. The molecule has 0 aromatic rings. The quantitative estimate of drug-likeness (QED) is 0.580. The van der Waals surface area contributed by atoms with Crippen molar-refractivity contribution in [2.24, 2.45) is 0 Å². The Kier molecular flexibility index (Phi) is 4.32. The first-order valence-electron chi connectivity index (χ1n) is 3.60. The van der Waals surface area contributed by atoms with Crippen LogP contribution in [-0.2, 0) is 0 Å². The molecule has 10 heavy (non-hydrogen) atoms. The summed E-state index contributed by atoms with van der Waals surface area (Å²) in [5, 5.41) is 18.0. The molecule has 60 valence electrons. The smallest absolute Gasteiger partial charge is 0.0833 e.